The van der Waals surface area contributed by atoms with Crippen LogP contribution in [0, 0.1) is 5.82 Å². The number of rotatable bonds is 5. The Labute approximate surface area is 153 Å². The molecular weight excluding hydrogens is 337 g/mol. The highest BCUT2D eigenvalue weighted by atomic mass is 19.1. The number of piperidine rings is 1. The summed E-state index contributed by atoms with van der Waals surface area (Å²) in [6.07, 6.45) is 2.16. The molecule has 144 valence electrons. The first-order valence-corrected chi connectivity index (χ1v) is 9.29. The summed E-state index contributed by atoms with van der Waals surface area (Å²) < 4.78 is 19.3. The van der Waals surface area contributed by atoms with Gasteiger partial charge in [-0.25, -0.2) is 4.39 Å². The number of hydrogen-bond acceptors (Lipinski definition) is 5. The van der Waals surface area contributed by atoms with Crippen LogP contribution in [0.15, 0.2) is 18.2 Å². The Bertz CT molecular complexity index is 634. The van der Waals surface area contributed by atoms with E-state index in [0.717, 1.165) is 32.6 Å². The predicted octanol–water partition coefficient (Wildman–Crippen LogP) is 0.983. The van der Waals surface area contributed by atoms with Crippen molar-refractivity contribution in [1.82, 2.24) is 15.1 Å². The molecule has 0 radical (unpaired) electrons. The lowest BCUT2D eigenvalue weighted by molar-refractivity contribution is -0.160. The molecule has 3 rings (SSSR count). The fourth-order valence-corrected chi connectivity index (χ4v) is 3.80. The smallest absolute Gasteiger partial charge is 0.256 e. The zero-order valence-corrected chi connectivity index (χ0v) is 15.3. The summed E-state index contributed by atoms with van der Waals surface area (Å²) in [7, 11) is 1.53. The van der Waals surface area contributed by atoms with Gasteiger partial charge in [0, 0.05) is 38.3 Å². The molecule has 6 nitrogen and oxygen atoms in total. The first-order chi connectivity index (χ1) is 12.5. The monoisotopic (exact) mass is 365 g/mol. The lowest BCUT2D eigenvalue weighted by Crippen LogP contribution is -2.58. The number of hydrogen-bond donors (Lipinski definition) is 2. The van der Waals surface area contributed by atoms with Gasteiger partial charge in [-0.1, -0.05) is 0 Å². The largest absolute Gasteiger partial charge is 0.497 e. The molecule has 2 N–H and O–H groups in total. The van der Waals surface area contributed by atoms with E-state index in [1.165, 1.54) is 13.2 Å². The van der Waals surface area contributed by atoms with Crippen LogP contribution in [0.3, 0.4) is 0 Å². The van der Waals surface area contributed by atoms with Gasteiger partial charge in [-0.2, -0.15) is 0 Å². The van der Waals surface area contributed by atoms with Gasteiger partial charge in [0.05, 0.1) is 7.11 Å². The third kappa shape index (κ3) is 4.34. The van der Waals surface area contributed by atoms with Crippen LogP contribution in [0.25, 0.3) is 0 Å². The number of ether oxygens (including phenoxy) is 1. The number of likely N-dealkylation sites (tertiary alicyclic amines) is 1. The van der Waals surface area contributed by atoms with Gasteiger partial charge in [0.25, 0.3) is 5.91 Å². The van der Waals surface area contributed by atoms with E-state index in [0.29, 0.717) is 37.2 Å². The van der Waals surface area contributed by atoms with Gasteiger partial charge in [0.2, 0.25) is 0 Å². The van der Waals surface area contributed by atoms with E-state index < -0.39 is 5.60 Å². The van der Waals surface area contributed by atoms with Crippen molar-refractivity contribution < 1.29 is 19.0 Å². The molecule has 1 aromatic rings. The molecular formula is C19H28FN3O3. The maximum atomic E-state index is 14.1. The number of methoxy groups -OCH3 is 1. The first kappa shape index (κ1) is 19.1. The number of nitrogens with one attached hydrogen (secondary N) is 1. The van der Waals surface area contributed by atoms with Gasteiger partial charge in [-0.05, 0) is 50.6 Å². The fraction of sp³-hybridized carbons (Fsp3) is 0.632. The van der Waals surface area contributed by atoms with E-state index >= 15 is 0 Å². The minimum atomic E-state index is -1.39. The number of β-amino-alcohol motifs (C(OH)–C–C–N with tert-alkyl or cyclic N) is 1. The van der Waals surface area contributed by atoms with Crippen LogP contribution in [0.4, 0.5) is 4.39 Å². The topological polar surface area (TPSA) is 65.0 Å². The van der Waals surface area contributed by atoms with E-state index in [2.05, 4.69) is 10.2 Å². The summed E-state index contributed by atoms with van der Waals surface area (Å²) in [5.41, 5.74) is -0.987. The predicted molar refractivity (Wildman–Crippen MR) is 96.5 cm³/mol. The molecule has 0 bridgehead atoms. The molecule has 0 spiro atoms. The fourth-order valence-electron chi connectivity index (χ4n) is 3.80. The maximum absolute atomic E-state index is 14.1. The van der Waals surface area contributed by atoms with Crippen molar-refractivity contribution in [3.63, 3.8) is 0 Å². The quantitative estimate of drug-likeness (QED) is 0.815. The number of carbonyl (C=O) groups excluding carboxylic acids is 1. The van der Waals surface area contributed by atoms with E-state index in [-0.39, 0.29) is 18.3 Å². The van der Waals surface area contributed by atoms with Crippen molar-refractivity contribution in [3.05, 3.63) is 29.6 Å². The molecule has 0 aliphatic carbocycles. The molecule has 2 saturated heterocycles. The zero-order valence-electron chi connectivity index (χ0n) is 15.3. The molecule has 0 saturated carbocycles. The molecule has 1 unspecified atom stereocenters. The lowest BCUT2D eigenvalue weighted by atomic mass is 9.90. The Balaban J connectivity index is 1.70. The molecule has 1 amide bonds. The van der Waals surface area contributed by atoms with E-state index in [4.69, 9.17) is 4.74 Å². The van der Waals surface area contributed by atoms with Crippen LogP contribution in [0.1, 0.15) is 24.8 Å². The van der Waals surface area contributed by atoms with Crippen LogP contribution in [-0.2, 0) is 11.3 Å². The molecule has 2 heterocycles. The van der Waals surface area contributed by atoms with Gasteiger partial charge >= 0.3 is 0 Å². The molecule has 1 atom stereocenters. The van der Waals surface area contributed by atoms with Crippen LogP contribution >= 0.6 is 0 Å². The Morgan fingerprint density at radius 2 is 2.12 bits per heavy atom. The Hall–Kier alpha value is -1.70. The highest BCUT2D eigenvalue weighted by molar-refractivity contribution is 5.86. The van der Waals surface area contributed by atoms with E-state index in [1.807, 2.05) is 0 Å². The number of carbonyl (C=O) groups is 1. The standard InChI is InChI=1S/C19H28FN3O3/c1-26-16-4-5-17(20)15(12-16)13-23-10-2-6-19(25,18(23)24)14-22-9-3-7-21-8-11-22/h4-5,12,21,25H,2-3,6-11,13-14H2,1H3. The van der Waals surface area contributed by atoms with Crippen LogP contribution in [0.2, 0.25) is 0 Å². The summed E-state index contributed by atoms with van der Waals surface area (Å²) in [6.45, 7) is 4.52. The highest BCUT2D eigenvalue weighted by Crippen LogP contribution is 2.27. The summed E-state index contributed by atoms with van der Waals surface area (Å²) in [5.74, 6) is -0.118. The maximum Gasteiger partial charge on any atom is 0.256 e. The second kappa shape index (κ2) is 8.33. The van der Waals surface area contributed by atoms with Crippen molar-refractivity contribution in [3.8, 4) is 5.75 Å². The van der Waals surface area contributed by atoms with Crippen LogP contribution < -0.4 is 10.1 Å². The number of aliphatic hydroxyl groups is 1. The molecule has 7 heteroatoms. The van der Waals surface area contributed by atoms with Crippen molar-refractivity contribution >= 4 is 5.91 Å². The Morgan fingerprint density at radius 1 is 1.27 bits per heavy atom. The normalized spacial score (nSPS) is 25.2. The SMILES string of the molecule is COc1ccc(F)c(CN2CCCC(O)(CN3CCCNCC3)C2=O)c1. The molecule has 2 fully saturated rings. The Morgan fingerprint density at radius 3 is 2.92 bits per heavy atom. The van der Waals surface area contributed by atoms with Crippen molar-refractivity contribution in [2.75, 3.05) is 46.4 Å². The minimum Gasteiger partial charge on any atom is -0.497 e. The van der Waals surface area contributed by atoms with Crippen molar-refractivity contribution in [1.29, 1.82) is 0 Å². The molecule has 0 aromatic heterocycles. The Kier molecular flexibility index (Phi) is 6.11. The first-order valence-electron chi connectivity index (χ1n) is 9.29. The summed E-state index contributed by atoms with van der Waals surface area (Å²) >= 11 is 0. The minimum absolute atomic E-state index is 0.145. The molecule has 2 aliphatic heterocycles. The second-order valence-corrected chi connectivity index (χ2v) is 7.20. The lowest BCUT2D eigenvalue weighted by Gasteiger charge is -2.40. The van der Waals surface area contributed by atoms with Gasteiger partial charge in [-0.15, -0.1) is 0 Å². The van der Waals surface area contributed by atoms with Crippen molar-refractivity contribution in [2.24, 2.45) is 0 Å². The zero-order chi connectivity index (χ0) is 18.6. The third-order valence-electron chi connectivity index (χ3n) is 5.24. The van der Waals surface area contributed by atoms with Crippen LogP contribution in [0.5, 0.6) is 5.75 Å². The number of benzene rings is 1. The van der Waals surface area contributed by atoms with Crippen molar-refractivity contribution in [2.45, 2.75) is 31.4 Å². The van der Waals surface area contributed by atoms with E-state index in [9.17, 15) is 14.3 Å². The summed E-state index contributed by atoms with van der Waals surface area (Å²) in [4.78, 5) is 16.7. The van der Waals surface area contributed by atoms with Crippen LogP contribution in [-0.4, -0.2) is 72.8 Å². The van der Waals surface area contributed by atoms with E-state index in [1.54, 1.807) is 17.0 Å². The van der Waals surface area contributed by atoms with Gasteiger partial charge in [0.15, 0.2) is 5.60 Å². The van der Waals surface area contributed by atoms with Gasteiger partial charge < -0.3 is 20.1 Å². The highest BCUT2D eigenvalue weighted by Gasteiger charge is 2.43. The summed E-state index contributed by atoms with van der Waals surface area (Å²) in [5, 5.41) is 14.4. The number of nitrogens with zero attached hydrogens (tertiary/aromatic N) is 2. The van der Waals surface area contributed by atoms with Gasteiger partial charge in [-0.3, -0.25) is 9.69 Å². The second-order valence-electron chi connectivity index (χ2n) is 7.20. The number of amides is 1. The molecule has 1 aromatic carbocycles. The van der Waals surface area contributed by atoms with Gasteiger partial charge in [0.1, 0.15) is 11.6 Å². The number of halogens is 1. The molecule has 2 aliphatic rings. The molecule has 26 heavy (non-hydrogen) atoms. The third-order valence-corrected chi connectivity index (χ3v) is 5.24. The average Bonchev–Trinajstić information content (AvgIpc) is 2.89. The average molecular weight is 365 g/mol. The summed E-state index contributed by atoms with van der Waals surface area (Å²) in [6, 6.07) is 4.51.